The van der Waals surface area contributed by atoms with E-state index in [4.69, 9.17) is 14.2 Å². The fourth-order valence-corrected chi connectivity index (χ4v) is 18.8. The molecule has 6 amide bonds. The summed E-state index contributed by atoms with van der Waals surface area (Å²) >= 11 is 0. The summed E-state index contributed by atoms with van der Waals surface area (Å²) < 4.78 is 17.0. The van der Waals surface area contributed by atoms with Gasteiger partial charge in [0.2, 0.25) is 35.4 Å². The van der Waals surface area contributed by atoms with Gasteiger partial charge in [-0.1, -0.05) is 283 Å². The maximum Gasteiger partial charge on any atom is 0.243 e. The zero-order chi connectivity index (χ0) is 72.3. The van der Waals surface area contributed by atoms with Crippen LogP contribution in [0.15, 0.2) is 0 Å². The van der Waals surface area contributed by atoms with Gasteiger partial charge in [0.05, 0.1) is 37.9 Å². The number of amides is 6. The Morgan fingerprint density at radius 2 is 0.536 bits per heavy atom. The number of ether oxygens (including phenoxy) is 3. The molecular weight excluding hydrogens is 1340 g/mol. The highest BCUT2D eigenvalue weighted by Gasteiger charge is 2.39. The zero-order valence-electron chi connectivity index (χ0n) is 64.4. The monoisotopic (exact) mass is 1480 g/mol. The molecule has 0 saturated carbocycles. The molecule has 0 aliphatic heterocycles. The van der Waals surface area contributed by atoms with E-state index in [1.54, 1.807) is 68.4 Å². The van der Waals surface area contributed by atoms with Gasteiger partial charge in [-0.25, -0.2) is 0 Å². The molecule has 3 N–H and O–H groups in total. The molecule has 0 aromatic rings. The fraction of sp³-hybridized carbons (Fsp3) is 0.920. The summed E-state index contributed by atoms with van der Waals surface area (Å²) in [6.07, 6.45) is 33.5. The van der Waals surface area contributed by atoms with E-state index >= 15 is 0 Å². The van der Waals surface area contributed by atoms with Crippen molar-refractivity contribution in [3.8, 4) is 0 Å². The average Bonchev–Trinajstić information content (AvgIpc) is 1.03. The standard InChI is InChI=1S/C75H147N7O9S6/c1-16-22-25-28-31-34-37-40-52-92-95-55-43-67(83)80(64(19-4)58-89-13)70(61(7)8)73(86)76-46-49-79(50-47-77-74(87)71(62(9)10)81(65(20-5)59-90-14)68(84)44-56-96-93-53-41-38-35-32-29-26-23-17-2)51-48-78-75(88)72(63(11)12)82(66(21-6)60-91-15)69(85)45-57-97-94-54-42-39-36-33-30-27-24-18-3/h61-66,70-72H,16-60H2,1-15H3,(H,76,86)(H,77,87)(H,78,88). The number of hydrogen-bond acceptors (Lipinski definition) is 16. The van der Waals surface area contributed by atoms with E-state index in [0.29, 0.717) is 95.2 Å². The normalized spacial score (nSPS) is 13.6. The summed E-state index contributed by atoms with van der Waals surface area (Å²) in [7, 11) is 15.6. The SMILES string of the molecule is CCCCCCCCCCSSCCC(=O)N(C(CC)COC)C(C(=O)NCCN(CCNC(=O)C(C(C)C)N(C(=O)CCSSCCCCCCCCCC)C(CC)COC)CCNC(=O)C(C(C)C)N(C(=O)CCSSCCCCCCCCCC)C(CC)COC)C(C)C. The van der Waals surface area contributed by atoms with Gasteiger partial charge in [-0.3, -0.25) is 33.7 Å². The van der Waals surface area contributed by atoms with Crippen LogP contribution < -0.4 is 16.0 Å². The first-order valence-electron chi connectivity index (χ1n) is 38.6. The second-order valence-corrected chi connectivity index (χ2v) is 35.4. The van der Waals surface area contributed by atoms with Gasteiger partial charge in [-0.2, -0.15) is 0 Å². The third-order valence-corrected chi connectivity index (χ3v) is 25.5. The Morgan fingerprint density at radius 3 is 0.742 bits per heavy atom. The number of unbranched alkanes of at least 4 members (excludes halogenated alkanes) is 21. The summed E-state index contributed by atoms with van der Waals surface area (Å²) in [4.78, 5) is 94.7. The first-order chi connectivity index (χ1) is 46.9. The van der Waals surface area contributed by atoms with Crippen molar-refractivity contribution in [3.05, 3.63) is 0 Å². The lowest BCUT2D eigenvalue weighted by Gasteiger charge is -2.39. The zero-order valence-corrected chi connectivity index (χ0v) is 69.3. The molecule has 0 radical (unpaired) electrons. The van der Waals surface area contributed by atoms with Crippen LogP contribution in [0, 0.1) is 17.8 Å². The predicted molar refractivity (Wildman–Crippen MR) is 426 cm³/mol. The van der Waals surface area contributed by atoms with Gasteiger partial charge in [-0.05, 0) is 56.3 Å². The third kappa shape index (κ3) is 45.6. The van der Waals surface area contributed by atoms with Crippen molar-refractivity contribution in [1.82, 2.24) is 35.6 Å². The number of nitrogens with one attached hydrogen (secondary N) is 3. The third-order valence-electron chi connectivity index (χ3n) is 18.0. The van der Waals surface area contributed by atoms with Crippen LogP contribution in [0.4, 0.5) is 0 Å². The second kappa shape index (κ2) is 65.5. The van der Waals surface area contributed by atoms with E-state index in [1.807, 2.05) is 94.7 Å². The van der Waals surface area contributed by atoms with Gasteiger partial charge < -0.3 is 44.9 Å². The largest absolute Gasteiger partial charge is 0.383 e. The Hall–Kier alpha value is -1.24. The van der Waals surface area contributed by atoms with Crippen LogP contribution in [0.25, 0.3) is 0 Å². The van der Waals surface area contributed by atoms with Crippen LogP contribution in [0.1, 0.15) is 276 Å². The first kappa shape index (κ1) is 95.8. The summed E-state index contributed by atoms with van der Waals surface area (Å²) in [5.74, 6) is 3.64. The number of nitrogens with zero attached hydrogens (tertiary/aromatic N) is 4. The van der Waals surface area contributed by atoms with Gasteiger partial charge >= 0.3 is 0 Å². The Bertz CT molecular complexity index is 1730. The number of carbonyl (C=O) groups is 6. The molecule has 0 spiro atoms. The summed E-state index contributed by atoms with van der Waals surface area (Å²) in [5.41, 5.74) is 0. The molecular formula is C75H147N7O9S6. The van der Waals surface area contributed by atoms with Crippen LogP contribution in [0.3, 0.4) is 0 Å². The van der Waals surface area contributed by atoms with Crippen LogP contribution in [0.2, 0.25) is 0 Å². The fourth-order valence-electron chi connectivity index (χ4n) is 12.4. The van der Waals surface area contributed by atoms with Gasteiger partial charge in [0.25, 0.3) is 0 Å². The maximum absolute atomic E-state index is 14.7. The second-order valence-electron chi connectivity index (χ2n) is 27.3. The number of rotatable bonds is 69. The van der Waals surface area contributed by atoms with Crippen molar-refractivity contribution in [1.29, 1.82) is 0 Å². The minimum Gasteiger partial charge on any atom is -0.383 e. The Labute approximate surface area is 619 Å². The minimum absolute atomic E-state index is 0.0598. The van der Waals surface area contributed by atoms with E-state index in [2.05, 4.69) is 41.6 Å². The minimum atomic E-state index is -0.740. The van der Waals surface area contributed by atoms with Crippen LogP contribution >= 0.6 is 64.8 Å². The lowest BCUT2D eigenvalue weighted by molar-refractivity contribution is -0.146. The van der Waals surface area contributed by atoms with Crippen molar-refractivity contribution in [2.24, 2.45) is 17.8 Å². The average molecular weight is 1480 g/mol. The van der Waals surface area contributed by atoms with E-state index < -0.39 is 18.1 Å². The molecule has 0 rings (SSSR count). The number of hydrogen-bond donors (Lipinski definition) is 3. The molecule has 16 nitrogen and oxygen atoms in total. The smallest absolute Gasteiger partial charge is 0.243 e. The highest BCUT2D eigenvalue weighted by molar-refractivity contribution is 8.77. The molecule has 0 fully saturated rings. The van der Waals surface area contributed by atoms with Crippen molar-refractivity contribution < 1.29 is 43.0 Å². The van der Waals surface area contributed by atoms with E-state index in [1.165, 1.54) is 154 Å². The number of methoxy groups -OCH3 is 3. The number of carbonyl (C=O) groups excluding carboxylic acids is 6. The lowest BCUT2D eigenvalue weighted by Crippen LogP contribution is -2.58. The molecule has 0 aliphatic carbocycles. The molecule has 0 saturated heterocycles. The topological polar surface area (TPSA) is 179 Å². The van der Waals surface area contributed by atoms with Gasteiger partial charge in [0, 0.05) is 114 Å². The molecule has 0 heterocycles. The Morgan fingerprint density at radius 1 is 0.320 bits per heavy atom. The molecule has 22 heteroatoms. The summed E-state index contributed by atoms with van der Waals surface area (Å²) in [5, 5.41) is 9.65. The van der Waals surface area contributed by atoms with Crippen LogP contribution in [-0.4, -0.2) is 206 Å². The van der Waals surface area contributed by atoms with Gasteiger partial charge in [0.1, 0.15) is 18.1 Å². The van der Waals surface area contributed by atoms with Crippen molar-refractivity contribution >= 4 is 100 Å². The molecule has 0 aromatic heterocycles. The summed E-state index contributed by atoms with van der Waals surface area (Å²) in [6, 6.07) is -3.09. The molecule has 0 aliphatic rings. The molecule has 572 valence electrons. The molecule has 97 heavy (non-hydrogen) atoms. The highest BCUT2D eigenvalue weighted by atomic mass is 33.1. The van der Waals surface area contributed by atoms with E-state index in [9.17, 15) is 28.8 Å². The van der Waals surface area contributed by atoms with E-state index in [0.717, 1.165) is 17.3 Å². The first-order valence-corrected chi connectivity index (χ1v) is 46.1. The Kier molecular flexibility index (Phi) is 64.7. The van der Waals surface area contributed by atoms with Gasteiger partial charge in [-0.15, -0.1) is 0 Å². The molecule has 6 atom stereocenters. The molecule has 0 aromatic carbocycles. The quantitative estimate of drug-likeness (QED) is 0.0386. The van der Waals surface area contributed by atoms with Crippen LogP contribution in [-0.2, 0) is 43.0 Å². The van der Waals surface area contributed by atoms with Crippen molar-refractivity contribution in [2.75, 3.05) is 115 Å². The highest BCUT2D eigenvalue weighted by Crippen LogP contribution is 2.30. The van der Waals surface area contributed by atoms with Crippen LogP contribution in [0.5, 0.6) is 0 Å². The lowest BCUT2D eigenvalue weighted by atomic mass is 9.98. The Balaban J connectivity index is 6.69. The van der Waals surface area contributed by atoms with Crippen molar-refractivity contribution in [2.45, 2.75) is 312 Å². The maximum atomic E-state index is 14.7. The summed E-state index contributed by atoms with van der Waals surface area (Å²) in [6.45, 7) is 27.5. The predicted octanol–water partition coefficient (Wildman–Crippen LogP) is 17.2. The van der Waals surface area contributed by atoms with E-state index in [-0.39, 0.29) is 91.0 Å². The van der Waals surface area contributed by atoms with Gasteiger partial charge in [0.15, 0.2) is 0 Å². The van der Waals surface area contributed by atoms with Crippen molar-refractivity contribution in [3.63, 3.8) is 0 Å². The molecule has 6 unspecified atom stereocenters. The molecule has 0 bridgehead atoms.